The average molecular weight is 202 g/mol. The van der Waals surface area contributed by atoms with Crippen LogP contribution in [0.25, 0.3) is 0 Å². The van der Waals surface area contributed by atoms with Crippen molar-refractivity contribution in [1.29, 1.82) is 0 Å². The van der Waals surface area contributed by atoms with E-state index < -0.39 is 11.7 Å². The molecular weight excluding hydrogens is 184 g/mol. The van der Waals surface area contributed by atoms with Gasteiger partial charge in [0.2, 0.25) is 5.79 Å². The molecule has 0 aromatic rings. The van der Waals surface area contributed by atoms with Crippen molar-refractivity contribution in [1.82, 2.24) is 4.90 Å². The van der Waals surface area contributed by atoms with Gasteiger partial charge in [0.25, 0.3) is 0 Å². The summed E-state index contributed by atoms with van der Waals surface area (Å²) >= 11 is 0. The molecule has 5 nitrogen and oxygen atoms in total. The van der Waals surface area contributed by atoms with E-state index >= 15 is 0 Å². The van der Waals surface area contributed by atoms with E-state index in [-0.39, 0.29) is 0 Å². The van der Waals surface area contributed by atoms with Gasteiger partial charge >= 0.3 is 5.91 Å². The number of aliphatic imine (C=N–C) groups is 1. The molecule has 0 N–H and O–H groups in total. The lowest BCUT2D eigenvalue weighted by molar-refractivity contribution is -0.197. The van der Waals surface area contributed by atoms with Gasteiger partial charge in [-0.3, -0.25) is 4.79 Å². The first-order chi connectivity index (χ1) is 6.37. The van der Waals surface area contributed by atoms with Gasteiger partial charge in [0.1, 0.15) is 5.84 Å². The van der Waals surface area contributed by atoms with Gasteiger partial charge in [0, 0.05) is 28.3 Å². The molecule has 0 aliphatic carbocycles. The number of ether oxygens (including phenoxy) is 2. The molecule has 82 valence electrons. The molecule has 0 aliphatic heterocycles. The number of nitrogens with zero attached hydrogens (tertiary/aromatic N) is 2. The maximum atomic E-state index is 11.6. The van der Waals surface area contributed by atoms with Crippen molar-refractivity contribution in [3.8, 4) is 0 Å². The summed E-state index contributed by atoms with van der Waals surface area (Å²) in [5, 5.41) is 0. The van der Waals surface area contributed by atoms with E-state index in [0.29, 0.717) is 5.84 Å². The molecule has 0 unspecified atom stereocenters. The van der Waals surface area contributed by atoms with Crippen LogP contribution in [-0.2, 0) is 14.3 Å². The zero-order valence-electron chi connectivity index (χ0n) is 9.62. The standard InChI is InChI=1S/C9H18N2O3/c1-7(11(3)4)10-8(12)9(2,13-5)14-6/h1-6H3/b10-7-. The van der Waals surface area contributed by atoms with Crippen LogP contribution in [0, 0.1) is 0 Å². The molecule has 5 heteroatoms. The second kappa shape index (κ2) is 5.07. The van der Waals surface area contributed by atoms with E-state index in [1.807, 2.05) is 14.1 Å². The Morgan fingerprint density at radius 3 is 2.00 bits per heavy atom. The first kappa shape index (κ1) is 13.1. The molecule has 0 bridgehead atoms. The smallest absolute Gasteiger partial charge is 0.307 e. The number of amides is 1. The highest BCUT2D eigenvalue weighted by molar-refractivity contribution is 5.96. The Balaban J connectivity index is 4.70. The molecule has 0 saturated carbocycles. The van der Waals surface area contributed by atoms with E-state index in [4.69, 9.17) is 9.47 Å². The van der Waals surface area contributed by atoms with Gasteiger partial charge in [-0.1, -0.05) is 0 Å². The van der Waals surface area contributed by atoms with Crippen LogP contribution in [0.4, 0.5) is 0 Å². The summed E-state index contributed by atoms with van der Waals surface area (Å²) in [6, 6.07) is 0. The lowest BCUT2D eigenvalue weighted by atomic mass is 10.3. The summed E-state index contributed by atoms with van der Waals surface area (Å²) in [6.07, 6.45) is 0. The van der Waals surface area contributed by atoms with Gasteiger partial charge in [-0.2, -0.15) is 4.99 Å². The van der Waals surface area contributed by atoms with Crippen molar-refractivity contribution in [2.24, 2.45) is 4.99 Å². The molecule has 0 aromatic carbocycles. The lowest BCUT2D eigenvalue weighted by Gasteiger charge is -2.22. The van der Waals surface area contributed by atoms with Crippen LogP contribution in [0.5, 0.6) is 0 Å². The van der Waals surface area contributed by atoms with Crippen molar-refractivity contribution in [2.75, 3.05) is 28.3 Å². The van der Waals surface area contributed by atoms with Crippen molar-refractivity contribution in [3.63, 3.8) is 0 Å². The van der Waals surface area contributed by atoms with Crippen molar-refractivity contribution in [2.45, 2.75) is 19.6 Å². The fourth-order valence-corrected chi connectivity index (χ4v) is 0.606. The normalized spacial score (nSPS) is 12.9. The summed E-state index contributed by atoms with van der Waals surface area (Å²) in [4.78, 5) is 17.2. The third-order valence-corrected chi connectivity index (χ3v) is 2.08. The Labute approximate surface area is 84.7 Å². The summed E-state index contributed by atoms with van der Waals surface area (Å²) < 4.78 is 9.86. The van der Waals surface area contributed by atoms with E-state index in [1.165, 1.54) is 21.1 Å². The predicted octanol–water partition coefficient (Wildman–Crippen LogP) is 0.502. The highest BCUT2D eigenvalue weighted by atomic mass is 16.7. The van der Waals surface area contributed by atoms with Gasteiger partial charge < -0.3 is 14.4 Å². The molecule has 0 atom stereocenters. The second-order valence-electron chi connectivity index (χ2n) is 3.21. The van der Waals surface area contributed by atoms with Crippen LogP contribution in [0.3, 0.4) is 0 Å². The van der Waals surface area contributed by atoms with Crippen LogP contribution in [0.2, 0.25) is 0 Å². The number of rotatable bonds is 3. The minimum Gasteiger partial charge on any atom is -0.366 e. The minimum absolute atomic E-state index is 0.450. The van der Waals surface area contributed by atoms with Gasteiger partial charge in [0.05, 0.1) is 0 Å². The van der Waals surface area contributed by atoms with Crippen LogP contribution < -0.4 is 0 Å². The molecule has 0 spiro atoms. The van der Waals surface area contributed by atoms with Crippen molar-refractivity contribution >= 4 is 11.7 Å². The summed E-state index contributed by atoms with van der Waals surface area (Å²) in [5.41, 5.74) is 0. The fourth-order valence-electron chi connectivity index (χ4n) is 0.606. The Morgan fingerprint density at radius 1 is 1.29 bits per heavy atom. The monoisotopic (exact) mass is 202 g/mol. The van der Waals surface area contributed by atoms with Gasteiger partial charge in [0.15, 0.2) is 0 Å². The quantitative estimate of drug-likeness (QED) is 0.380. The number of carbonyl (C=O) groups excluding carboxylic acids is 1. The molecule has 0 radical (unpaired) electrons. The molecule has 0 aliphatic rings. The third kappa shape index (κ3) is 3.08. The van der Waals surface area contributed by atoms with Crippen LogP contribution in [0.15, 0.2) is 4.99 Å². The SMILES string of the molecule is COC(C)(OC)C(=O)/N=C(/C)N(C)C. The second-order valence-corrected chi connectivity index (χ2v) is 3.21. The largest absolute Gasteiger partial charge is 0.366 e. The van der Waals surface area contributed by atoms with Crippen molar-refractivity contribution < 1.29 is 14.3 Å². The molecule has 0 rings (SSSR count). The van der Waals surface area contributed by atoms with E-state index in [1.54, 1.807) is 11.8 Å². The molecule has 1 amide bonds. The van der Waals surface area contributed by atoms with Crippen LogP contribution in [0.1, 0.15) is 13.8 Å². The highest BCUT2D eigenvalue weighted by Crippen LogP contribution is 2.12. The van der Waals surface area contributed by atoms with Crippen LogP contribution in [-0.4, -0.2) is 50.7 Å². The molecular formula is C9H18N2O3. The third-order valence-electron chi connectivity index (χ3n) is 2.08. The predicted molar refractivity (Wildman–Crippen MR) is 54.2 cm³/mol. The van der Waals surface area contributed by atoms with E-state index in [2.05, 4.69) is 4.99 Å². The summed E-state index contributed by atoms with van der Waals surface area (Å²) in [7, 11) is 6.43. The molecule has 0 saturated heterocycles. The van der Waals surface area contributed by atoms with Gasteiger partial charge in [-0.05, 0) is 13.8 Å². The van der Waals surface area contributed by atoms with E-state index in [0.717, 1.165) is 0 Å². The maximum absolute atomic E-state index is 11.6. The number of carbonyl (C=O) groups is 1. The minimum atomic E-state index is -1.29. The summed E-state index contributed by atoms with van der Waals surface area (Å²) in [6.45, 7) is 3.27. The van der Waals surface area contributed by atoms with Gasteiger partial charge in [-0.15, -0.1) is 0 Å². The topological polar surface area (TPSA) is 51.1 Å². The summed E-state index contributed by atoms with van der Waals surface area (Å²) in [5.74, 6) is -1.14. The van der Waals surface area contributed by atoms with Crippen LogP contribution >= 0.6 is 0 Å². The Morgan fingerprint density at radius 2 is 1.71 bits per heavy atom. The maximum Gasteiger partial charge on any atom is 0.307 e. The average Bonchev–Trinajstić information content (AvgIpc) is 2.16. The van der Waals surface area contributed by atoms with Gasteiger partial charge in [-0.25, -0.2) is 0 Å². The lowest BCUT2D eigenvalue weighted by Crippen LogP contribution is -2.39. The number of methoxy groups -OCH3 is 2. The molecule has 0 fully saturated rings. The first-order valence-corrected chi connectivity index (χ1v) is 4.24. The zero-order chi connectivity index (χ0) is 11.4. The Hall–Kier alpha value is -0.940. The first-order valence-electron chi connectivity index (χ1n) is 4.24. The highest BCUT2D eigenvalue weighted by Gasteiger charge is 2.33. The number of amidine groups is 1. The zero-order valence-corrected chi connectivity index (χ0v) is 9.62. The molecule has 0 heterocycles. The molecule has 0 aromatic heterocycles. The number of hydrogen-bond acceptors (Lipinski definition) is 3. The van der Waals surface area contributed by atoms with Crippen molar-refractivity contribution in [3.05, 3.63) is 0 Å². The Kier molecular flexibility index (Phi) is 4.73. The van der Waals surface area contributed by atoms with E-state index in [9.17, 15) is 4.79 Å². The number of hydrogen-bond donors (Lipinski definition) is 0. The Bertz CT molecular complexity index is 232. The molecule has 14 heavy (non-hydrogen) atoms. The fraction of sp³-hybridized carbons (Fsp3) is 0.778.